The zero-order chi connectivity index (χ0) is 13.7. The predicted octanol–water partition coefficient (Wildman–Crippen LogP) is 1.92. The second-order valence-corrected chi connectivity index (χ2v) is 6.29. The van der Waals surface area contributed by atoms with Crippen molar-refractivity contribution < 1.29 is 4.79 Å². The average Bonchev–Trinajstić information content (AvgIpc) is 2.42. The standard InChI is InChI=1S/C15H29N3O.ClH/c1-12-6-2-3-8-14(12)17-15(19)11-18-9-5-4-7-13(18)10-16;/h12-14H,2-11,16H2,1H3,(H,17,19);1H. The van der Waals surface area contributed by atoms with Crippen LogP contribution in [0.5, 0.6) is 0 Å². The molecule has 3 N–H and O–H groups in total. The summed E-state index contributed by atoms with van der Waals surface area (Å²) in [7, 11) is 0. The Bertz CT molecular complexity index is 301. The SMILES string of the molecule is CC1CCCCC1NC(=O)CN1CCCCC1CN.Cl. The van der Waals surface area contributed by atoms with Gasteiger partial charge < -0.3 is 11.1 Å². The van der Waals surface area contributed by atoms with Crippen LogP contribution in [0.15, 0.2) is 0 Å². The molecule has 0 spiro atoms. The fourth-order valence-electron chi connectivity index (χ4n) is 3.50. The molecule has 2 fully saturated rings. The van der Waals surface area contributed by atoms with Crippen LogP contribution < -0.4 is 11.1 Å². The number of amides is 1. The average molecular weight is 304 g/mol. The second-order valence-electron chi connectivity index (χ2n) is 6.29. The maximum atomic E-state index is 12.2. The number of hydrogen-bond donors (Lipinski definition) is 2. The van der Waals surface area contributed by atoms with Crippen molar-refractivity contribution in [2.75, 3.05) is 19.6 Å². The van der Waals surface area contributed by atoms with E-state index in [9.17, 15) is 4.79 Å². The molecular weight excluding hydrogens is 274 g/mol. The maximum Gasteiger partial charge on any atom is 0.234 e. The Morgan fingerprint density at radius 2 is 1.90 bits per heavy atom. The van der Waals surface area contributed by atoms with Gasteiger partial charge >= 0.3 is 0 Å². The van der Waals surface area contributed by atoms with Crippen molar-refractivity contribution in [2.24, 2.45) is 11.7 Å². The van der Waals surface area contributed by atoms with Gasteiger partial charge in [0.05, 0.1) is 6.54 Å². The Morgan fingerprint density at radius 3 is 2.60 bits per heavy atom. The number of nitrogens with two attached hydrogens (primary N) is 1. The number of hydrogen-bond acceptors (Lipinski definition) is 3. The van der Waals surface area contributed by atoms with Crippen molar-refractivity contribution >= 4 is 18.3 Å². The lowest BCUT2D eigenvalue weighted by molar-refractivity contribution is -0.124. The molecule has 0 bridgehead atoms. The molecule has 118 valence electrons. The molecule has 0 aromatic rings. The van der Waals surface area contributed by atoms with Gasteiger partial charge in [-0.3, -0.25) is 9.69 Å². The van der Waals surface area contributed by atoms with Gasteiger partial charge in [-0.15, -0.1) is 12.4 Å². The van der Waals surface area contributed by atoms with Gasteiger partial charge in [0, 0.05) is 18.6 Å². The molecule has 1 amide bonds. The summed E-state index contributed by atoms with van der Waals surface area (Å²) in [6.07, 6.45) is 8.56. The molecule has 5 heteroatoms. The van der Waals surface area contributed by atoms with Crippen LogP contribution in [0.4, 0.5) is 0 Å². The molecule has 20 heavy (non-hydrogen) atoms. The summed E-state index contributed by atoms with van der Waals surface area (Å²) in [5.41, 5.74) is 5.80. The zero-order valence-electron chi connectivity index (χ0n) is 12.6. The smallest absolute Gasteiger partial charge is 0.234 e. The van der Waals surface area contributed by atoms with Crippen LogP contribution >= 0.6 is 12.4 Å². The third kappa shape index (κ3) is 4.90. The number of halogens is 1. The fraction of sp³-hybridized carbons (Fsp3) is 0.933. The molecule has 2 rings (SSSR count). The summed E-state index contributed by atoms with van der Waals surface area (Å²) < 4.78 is 0. The van der Waals surface area contributed by atoms with E-state index in [1.54, 1.807) is 0 Å². The molecule has 1 saturated carbocycles. The molecule has 1 heterocycles. The van der Waals surface area contributed by atoms with E-state index < -0.39 is 0 Å². The Balaban J connectivity index is 0.00000200. The first kappa shape index (κ1) is 17.7. The molecule has 1 saturated heterocycles. The third-order valence-electron chi connectivity index (χ3n) is 4.83. The van der Waals surface area contributed by atoms with Crippen LogP contribution in [0, 0.1) is 5.92 Å². The van der Waals surface area contributed by atoms with Crippen molar-refractivity contribution in [3.8, 4) is 0 Å². The molecular formula is C15H30ClN3O. The fourth-order valence-corrected chi connectivity index (χ4v) is 3.50. The van der Waals surface area contributed by atoms with E-state index in [1.807, 2.05) is 0 Å². The van der Waals surface area contributed by atoms with E-state index in [2.05, 4.69) is 17.1 Å². The second kappa shape index (κ2) is 8.85. The topological polar surface area (TPSA) is 58.4 Å². The molecule has 1 aliphatic heterocycles. The molecule has 3 unspecified atom stereocenters. The van der Waals surface area contributed by atoms with E-state index in [1.165, 1.54) is 32.1 Å². The Kier molecular flexibility index (Phi) is 7.85. The molecule has 0 aromatic heterocycles. The van der Waals surface area contributed by atoms with Crippen LogP contribution in [-0.4, -0.2) is 42.5 Å². The summed E-state index contributed by atoms with van der Waals surface area (Å²) >= 11 is 0. The quantitative estimate of drug-likeness (QED) is 0.834. The van der Waals surface area contributed by atoms with Crippen LogP contribution in [0.3, 0.4) is 0 Å². The molecule has 0 aromatic carbocycles. The van der Waals surface area contributed by atoms with Gasteiger partial charge in [0.25, 0.3) is 0 Å². The maximum absolute atomic E-state index is 12.2. The van der Waals surface area contributed by atoms with Gasteiger partial charge in [0.2, 0.25) is 5.91 Å². The van der Waals surface area contributed by atoms with E-state index in [-0.39, 0.29) is 18.3 Å². The Morgan fingerprint density at radius 1 is 1.20 bits per heavy atom. The number of nitrogens with one attached hydrogen (secondary N) is 1. The number of likely N-dealkylation sites (tertiary alicyclic amines) is 1. The van der Waals surface area contributed by atoms with Crippen molar-refractivity contribution in [3.05, 3.63) is 0 Å². The van der Waals surface area contributed by atoms with Gasteiger partial charge in [-0.1, -0.05) is 26.2 Å². The summed E-state index contributed by atoms with van der Waals surface area (Å²) in [5.74, 6) is 0.823. The van der Waals surface area contributed by atoms with Crippen molar-refractivity contribution in [1.29, 1.82) is 0 Å². The lowest BCUT2D eigenvalue weighted by atomic mass is 9.86. The number of piperidine rings is 1. The lowest BCUT2D eigenvalue weighted by Crippen LogP contribution is -2.51. The first-order chi connectivity index (χ1) is 9.20. The van der Waals surface area contributed by atoms with E-state index in [0.29, 0.717) is 31.1 Å². The Hall–Kier alpha value is -0.320. The van der Waals surface area contributed by atoms with Gasteiger partial charge in [0.15, 0.2) is 0 Å². The highest BCUT2D eigenvalue weighted by Gasteiger charge is 2.26. The summed E-state index contributed by atoms with van der Waals surface area (Å²) in [6, 6.07) is 0.797. The summed E-state index contributed by atoms with van der Waals surface area (Å²) in [5, 5.41) is 3.24. The van der Waals surface area contributed by atoms with Crippen LogP contribution in [0.1, 0.15) is 51.9 Å². The van der Waals surface area contributed by atoms with E-state index in [0.717, 1.165) is 19.4 Å². The third-order valence-corrected chi connectivity index (χ3v) is 4.83. The largest absolute Gasteiger partial charge is 0.352 e. The van der Waals surface area contributed by atoms with Gasteiger partial charge in [-0.25, -0.2) is 0 Å². The summed E-state index contributed by atoms with van der Waals surface area (Å²) in [4.78, 5) is 14.5. The highest BCUT2D eigenvalue weighted by molar-refractivity contribution is 5.85. The van der Waals surface area contributed by atoms with Crippen LogP contribution in [-0.2, 0) is 4.79 Å². The van der Waals surface area contributed by atoms with Crippen molar-refractivity contribution in [3.63, 3.8) is 0 Å². The minimum atomic E-state index is 0. The molecule has 3 atom stereocenters. The zero-order valence-corrected chi connectivity index (χ0v) is 13.5. The van der Waals surface area contributed by atoms with Crippen molar-refractivity contribution in [1.82, 2.24) is 10.2 Å². The predicted molar refractivity (Wildman–Crippen MR) is 85.1 cm³/mol. The normalized spacial score (nSPS) is 31.4. The van der Waals surface area contributed by atoms with Crippen LogP contribution in [0.25, 0.3) is 0 Å². The van der Waals surface area contributed by atoms with E-state index in [4.69, 9.17) is 5.73 Å². The van der Waals surface area contributed by atoms with Gasteiger partial charge in [-0.05, 0) is 38.1 Å². The number of rotatable bonds is 4. The Labute approximate surface area is 129 Å². The van der Waals surface area contributed by atoms with Gasteiger partial charge in [0.1, 0.15) is 0 Å². The first-order valence-electron chi connectivity index (χ1n) is 7.94. The number of nitrogens with zero attached hydrogens (tertiary/aromatic N) is 1. The van der Waals surface area contributed by atoms with Gasteiger partial charge in [-0.2, -0.15) is 0 Å². The highest BCUT2D eigenvalue weighted by Crippen LogP contribution is 2.23. The number of carbonyl (C=O) groups excluding carboxylic acids is 1. The van der Waals surface area contributed by atoms with Crippen molar-refractivity contribution in [2.45, 2.75) is 64.0 Å². The van der Waals surface area contributed by atoms with Crippen LogP contribution in [0.2, 0.25) is 0 Å². The molecule has 1 aliphatic carbocycles. The minimum absolute atomic E-state index is 0. The monoisotopic (exact) mass is 303 g/mol. The first-order valence-corrected chi connectivity index (χ1v) is 7.94. The highest BCUT2D eigenvalue weighted by atomic mass is 35.5. The minimum Gasteiger partial charge on any atom is -0.352 e. The summed E-state index contributed by atoms with van der Waals surface area (Å²) in [6.45, 7) is 4.49. The lowest BCUT2D eigenvalue weighted by Gasteiger charge is -2.35. The number of carbonyl (C=O) groups is 1. The molecule has 0 radical (unpaired) electrons. The van der Waals surface area contributed by atoms with E-state index >= 15 is 0 Å². The molecule has 2 aliphatic rings. The molecule has 4 nitrogen and oxygen atoms in total.